The minimum Gasteiger partial charge on any atom is -0.455 e. The first-order valence-electron chi connectivity index (χ1n) is 8.69. The van der Waals surface area contributed by atoms with Crippen LogP contribution in [0.2, 0.25) is 5.02 Å². The molecule has 0 fully saturated rings. The molecule has 0 aliphatic carbocycles. The fourth-order valence-electron chi connectivity index (χ4n) is 2.27. The number of esters is 1. The van der Waals surface area contributed by atoms with Gasteiger partial charge in [0.15, 0.2) is 12.4 Å². The maximum absolute atomic E-state index is 11.9. The van der Waals surface area contributed by atoms with Gasteiger partial charge in [-0.2, -0.15) is 0 Å². The Morgan fingerprint density at radius 3 is 2.43 bits per heavy atom. The second-order valence-corrected chi connectivity index (χ2v) is 7.37. The van der Waals surface area contributed by atoms with Gasteiger partial charge in [-0.25, -0.2) is 0 Å². The molecule has 1 amide bonds. The summed E-state index contributed by atoms with van der Waals surface area (Å²) in [6.45, 7) is 1.02. The maximum atomic E-state index is 11.9. The molecule has 0 unspecified atom stereocenters. The van der Waals surface area contributed by atoms with E-state index in [1.54, 1.807) is 48.5 Å². The van der Waals surface area contributed by atoms with Gasteiger partial charge in [0.25, 0.3) is 11.1 Å². The quantitative estimate of drug-likeness (QED) is 0.316. The average Bonchev–Trinajstić information content (AvgIpc) is 3.21. The maximum Gasteiger partial charge on any atom is 0.316 e. The molecular formula is C20H16ClN3O5S. The molecule has 0 spiro atoms. The Morgan fingerprint density at radius 1 is 1.07 bits per heavy atom. The van der Waals surface area contributed by atoms with E-state index >= 15 is 0 Å². The zero-order valence-electron chi connectivity index (χ0n) is 15.8. The van der Waals surface area contributed by atoms with Crippen LogP contribution in [0.1, 0.15) is 17.3 Å². The van der Waals surface area contributed by atoms with Gasteiger partial charge in [-0.3, -0.25) is 14.4 Å². The van der Waals surface area contributed by atoms with Crippen molar-refractivity contribution in [2.45, 2.75) is 12.1 Å². The summed E-state index contributed by atoms with van der Waals surface area (Å²) in [5, 5.41) is 11.1. The van der Waals surface area contributed by atoms with Crippen molar-refractivity contribution >= 4 is 46.7 Å². The van der Waals surface area contributed by atoms with Crippen LogP contribution in [0.3, 0.4) is 0 Å². The third kappa shape index (κ3) is 6.16. The number of rotatable bonds is 8. The van der Waals surface area contributed by atoms with Gasteiger partial charge in [0.05, 0.1) is 0 Å². The van der Waals surface area contributed by atoms with Gasteiger partial charge < -0.3 is 14.5 Å². The van der Waals surface area contributed by atoms with Gasteiger partial charge in [0.1, 0.15) is 5.75 Å². The highest BCUT2D eigenvalue weighted by molar-refractivity contribution is 7.99. The number of halogens is 1. The van der Waals surface area contributed by atoms with E-state index in [0.717, 1.165) is 11.8 Å². The normalized spacial score (nSPS) is 10.5. The molecule has 3 aromatic rings. The minimum atomic E-state index is -0.603. The van der Waals surface area contributed by atoms with Gasteiger partial charge in [0.2, 0.25) is 5.89 Å². The number of amides is 1. The van der Waals surface area contributed by atoms with Crippen LogP contribution in [0.25, 0.3) is 11.5 Å². The Bertz CT molecular complexity index is 1050. The number of Topliss-reactive ketones (excluding diaryl/α,β-unsaturated/α-hetero) is 1. The molecule has 3 rings (SSSR count). The van der Waals surface area contributed by atoms with Crippen molar-refractivity contribution in [3.05, 3.63) is 59.1 Å². The summed E-state index contributed by atoms with van der Waals surface area (Å²) in [5.74, 6) is -0.957. The minimum absolute atomic E-state index is 0.0687. The molecule has 0 aliphatic heterocycles. The van der Waals surface area contributed by atoms with Crippen LogP contribution in [-0.4, -0.2) is 40.2 Å². The van der Waals surface area contributed by atoms with E-state index in [4.69, 9.17) is 20.8 Å². The summed E-state index contributed by atoms with van der Waals surface area (Å²) in [5.41, 5.74) is 1.74. The number of nitrogens with zero attached hydrogens (tertiary/aromatic N) is 2. The molecule has 0 aliphatic rings. The van der Waals surface area contributed by atoms with Crippen molar-refractivity contribution in [1.29, 1.82) is 0 Å². The molecule has 2 aromatic carbocycles. The molecule has 30 heavy (non-hydrogen) atoms. The Morgan fingerprint density at radius 2 is 1.77 bits per heavy atom. The molecule has 10 heteroatoms. The molecule has 0 radical (unpaired) electrons. The summed E-state index contributed by atoms with van der Waals surface area (Å²) in [6, 6.07) is 13.3. The third-order valence-electron chi connectivity index (χ3n) is 3.75. The van der Waals surface area contributed by atoms with Crippen molar-refractivity contribution in [2.24, 2.45) is 0 Å². The van der Waals surface area contributed by atoms with Gasteiger partial charge in [-0.05, 0) is 55.5 Å². The highest BCUT2D eigenvalue weighted by Gasteiger charge is 2.13. The monoisotopic (exact) mass is 445 g/mol. The summed E-state index contributed by atoms with van der Waals surface area (Å²) < 4.78 is 10.4. The fourth-order valence-corrected chi connectivity index (χ4v) is 2.96. The molecule has 1 aromatic heterocycles. The largest absolute Gasteiger partial charge is 0.455 e. The molecular weight excluding hydrogens is 430 g/mol. The van der Waals surface area contributed by atoms with E-state index in [-0.39, 0.29) is 16.8 Å². The zero-order chi connectivity index (χ0) is 21.5. The fraction of sp³-hybridized carbons (Fsp3) is 0.150. The second-order valence-electron chi connectivity index (χ2n) is 6.01. The van der Waals surface area contributed by atoms with E-state index in [2.05, 4.69) is 15.5 Å². The van der Waals surface area contributed by atoms with Crippen molar-refractivity contribution in [3.8, 4) is 11.5 Å². The van der Waals surface area contributed by atoms with E-state index in [0.29, 0.717) is 27.7 Å². The van der Waals surface area contributed by atoms with Crippen LogP contribution in [0, 0.1) is 0 Å². The number of benzene rings is 2. The van der Waals surface area contributed by atoms with Crippen molar-refractivity contribution in [1.82, 2.24) is 10.2 Å². The third-order valence-corrected chi connectivity index (χ3v) is 4.79. The number of carbonyl (C=O) groups excluding carboxylic acids is 3. The second kappa shape index (κ2) is 10.0. The highest BCUT2D eigenvalue weighted by atomic mass is 35.5. The first kappa shape index (κ1) is 21.5. The Labute approximate surface area is 181 Å². The zero-order valence-corrected chi connectivity index (χ0v) is 17.3. The molecule has 0 saturated carbocycles. The van der Waals surface area contributed by atoms with Crippen LogP contribution in [-0.2, 0) is 14.3 Å². The predicted octanol–water partition coefficient (Wildman–Crippen LogP) is 3.87. The van der Waals surface area contributed by atoms with Crippen molar-refractivity contribution in [3.63, 3.8) is 0 Å². The molecule has 0 bridgehead atoms. The van der Waals surface area contributed by atoms with Crippen LogP contribution in [0.4, 0.5) is 5.69 Å². The van der Waals surface area contributed by atoms with E-state index < -0.39 is 18.5 Å². The summed E-state index contributed by atoms with van der Waals surface area (Å²) in [6.07, 6.45) is 0. The number of hydrogen-bond acceptors (Lipinski definition) is 8. The number of nitrogens with one attached hydrogen (secondary N) is 1. The van der Waals surface area contributed by atoms with E-state index in [1.807, 2.05) is 0 Å². The Balaban J connectivity index is 1.42. The summed E-state index contributed by atoms with van der Waals surface area (Å²) >= 11 is 6.84. The van der Waals surface area contributed by atoms with Crippen LogP contribution in [0.15, 0.2) is 58.2 Å². The molecule has 0 atom stereocenters. The Kier molecular flexibility index (Phi) is 7.21. The predicted molar refractivity (Wildman–Crippen MR) is 112 cm³/mol. The Hall–Kier alpha value is -3.17. The van der Waals surface area contributed by atoms with Gasteiger partial charge in [-0.1, -0.05) is 23.4 Å². The van der Waals surface area contributed by atoms with Crippen LogP contribution in [0.5, 0.6) is 0 Å². The van der Waals surface area contributed by atoms with Gasteiger partial charge >= 0.3 is 5.97 Å². The lowest BCUT2D eigenvalue weighted by molar-refractivity contribution is -0.144. The molecule has 1 N–H and O–H groups in total. The number of ketones is 1. The average molecular weight is 446 g/mol. The van der Waals surface area contributed by atoms with E-state index in [1.165, 1.54) is 6.92 Å². The number of hydrogen-bond donors (Lipinski definition) is 1. The first-order valence-corrected chi connectivity index (χ1v) is 10.1. The number of aromatic nitrogens is 2. The van der Waals surface area contributed by atoms with Gasteiger partial charge in [-0.15, -0.1) is 10.2 Å². The number of thioether (sulfide) groups is 1. The lowest BCUT2D eigenvalue weighted by atomic mass is 10.1. The SMILES string of the molecule is CC(=O)c1ccc(NC(=O)COC(=O)CSc2nnc(-c3ccc(Cl)cc3)o2)cc1. The molecule has 8 nitrogen and oxygen atoms in total. The summed E-state index contributed by atoms with van der Waals surface area (Å²) in [7, 11) is 0. The van der Waals surface area contributed by atoms with E-state index in [9.17, 15) is 14.4 Å². The molecule has 1 heterocycles. The number of carbonyl (C=O) groups is 3. The first-order chi connectivity index (χ1) is 14.4. The molecule has 0 saturated heterocycles. The van der Waals surface area contributed by atoms with Crippen molar-refractivity contribution < 1.29 is 23.5 Å². The number of anilines is 1. The van der Waals surface area contributed by atoms with Crippen molar-refractivity contribution in [2.75, 3.05) is 17.7 Å². The number of ether oxygens (including phenoxy) is 1. The standard InChI is InChI=1S/C20H16ClN3O5S/c1-12(25)13-4-8-16(9-5-13)22-17(26)10-28-18(27)11-30-20-24-23-19(29-20)14-2-6-15(21)7-3-14/h2-9H,10-11H2,1H3,(H,22,26). The summed E-state index contributed by atoms with van der Waals surface area (Å²) in [4.78, 5) is 35.0. The van der Waals surface area contributed by atoms with Crippen LogP contribution >= 0.6 is 23.4 Å². The smallest absolute Gasteiger partial charge is 0.316 e. The lowest BCUT2D eigenvalue weighted by Crippen LogP contribution is -2.21. The van der Waals surface area contributed by atoms with Crippen LogP contribution < -0.4 is 5.32 Å². The lowest BCUT2D eigenvalue weighted by Gasteiger charge is -2.06. The van der Waals surface area contributed by atoms with Gasteiger partial charge in [0, 0.05) is 21.8 Å². The molecule has 154 valence electrons. The topological polar surface area (TPSA) is 111 Å². The highest BCUT2D eigenvalue weighted by Crippen LogP contribution is 2.24.